The summed E-state index contributed by atoms with van der Waals surface area (Å²) in [6.07, 6.45) is 9.67. The van der Waals surface area contributed by atoms with Gasteiger partial charge < -0.3 is 19.5 Å². The molecule has 0 heterocycles. The van der Waals surface area contributed by atoms with Crippen LogP contribution in [0.1, 0.15) is 65.7 Å². The second kappa shape index (κ2) is 12.7. The number of quaternary nitrogens is 1. The normalized spacial score (nSPS) is 13.6. The summed E-state index contributed by atoms with van der Waals surface area (Å²) in [7, 11) is 0. The van der Waals surface area contributed by atoms with Crippen molar-refractivity contribution in [3.05, 3.63) is 12.2 Å². The van der Waals surface area contributed by atoms with E-state index in [0.717, 1.165) is 56.2 Å². The van der Waals surface area contributed by atoms with Crippen molar-refractivity contribution < 1.29 is 19.5 Å². The Bertz CT molecular complexity index is 309. The molecule has 1 N–H and O–H groups in total. The number of allylic oxidation sites excluding steroid dienone is 1. The van der Waals surface area contributed by atoms with Gasteiger partial charge in [0.2, 0.25) is 0 Å². The number of aliphatic hydroxyl groups excluding tert-OH is 1. The second-order valence-electron chi connectivity index (χ2n) is 6.31. The number of carboxylic acid groups (broad SMARTS) is 1. The molecule has 22 heavy (non-hydrogen) atoms. The van der Waals surface area contributed by atoms with Crippen molar-refractivity contribution in [3.63, 3.8) is 0 Å². The summed E-state index contributed by atoms with van der Waals surface area (Å²) in [6, 6.07) is 0. The fourth-order valence-electron chi connectivity index (χ4n) is 3.15. The first-order valence-corrected chi connectivity index (χ1v) is 8.89. The highest BCUT2D eigenvalue weighted by molar-refractivity contribution is 5.64. The van der Waals surface area contributed by atoms with Crippen LogP contribution in [0.15, 0.2) is 12.2 Å². The fourth-order valence-corrected chi connectivity index (χ4v) is 3.15. The molecule has 0 bridgehead atoms. The molecule has 0 spiro atoms. The largest absolute Gasteiger partial charge is 0.550 e. The molecule has 0 aromatic carbocycles. The summed E-state index contributed by atoms with van der Waals surface area (Å²) in [5.74, 6) is -0.980. The molecule has 0 aliphatic carbocycles. The molecule has 0 aliphatic rings. The van der Waals surface area contributed by atoms with Gasteiger partial charge in [0, 0.05) is 12.4 Å². The van der Waals surface area contributed by atoms with Crippen molar-refractivity contribution in [1.29, 1.82) is 0 Å². The third-order valence-corrected chi connectivity index (χ3v) is 4.07. The highest BCUT2D eigenvalue weighted by atomic mass is 16.4. The number of aliphatic hydroxyl groups is 1. The van der Waals surface area contributed by atoms with E-state index in [1.54, 1.807) is 0 Å². The van der Waals surface area contributed by atoms with E-state index in [1.807, 2.05) is 6.08 Å². The van der Waals surface area contributed by atoms with Crippen molar-refractivity contribution in [1.82, 2.24) is 0 Å². The molecule has 0 radical (unpaired) electrons. The lowest BCUT2D eigenvalue weighted by atomic mass is 10.1. The third-order valence-electron chi connectivity index (χ3n) is 4.07. The van der Waals surface area contributed by atoms with Gasteiger partial charge in [0.1, 0.15) is 12.6 Å². The third kappa shape index (κ3) is 9.96. The molecule has 1 unspecified atom stereocenters. The molecule has 4 nitrogen and oxygen atoms in total. The van der Waals surface area contributed by atoms with Crippen molar-refractivity contribution in [2.75, 3.05) is 26.2 Å². The Morgan fingerprint density at radius 3 is 2.23 bits per heavy atom. The quantitative estimate of drug-likeness (QED) is 0.304. The van der Waals surface area contributed by atoms with Crippen LogP contribution >= 0.6 is 0 Å². The predicted molar refractivity (Wildman–Crippen MR) is 89.2 cm³/mol. The highest BCUT2D eigenvalue weighted by Gasteiger charge is 2.27. The monoisotopic (exact) mass is 313 g/mol. The summed E-state index contributed by atoms with van der Waals surface area (Å²) >= 11 is 0. The van der Waals surface area contributed by atoms with Gasteiger partial charge in [-0.05, 0) is 25.7 Å². The van der Waals surface area contributed by atoms with Gasteiger partial charge >= 0.3 is 0 Å². The zero-order chi connectivity index (χ0) is 16.8. The molecule has 1 atom stereocenters. The van der Waals surface area contributed by atoms with Gasteiger partial charge in [0.15, 0.2) is 0 Å². The van der Waals surface area contributed by atoms with Gasteiger partial charge in [-0.15, -0.1) is 0 Å². The Balaban J connectivity index is 4.65. The van der Waals surface area contributed by atoms with Crippen molar-refractivity contribution in [2.24, 2.45) is 0 Å². The Morgan fingerprint density at radius 2 is 1.73 bits per heavy atom. The molecule has 0 saturated carbocycles. The van der Waals surface area contributed by atoms with Gasteiger partial charge in [0.05, 0.1) is 19.6 Å². The van der Waals surface area contributed by atoms with Gasteiger partial charge in [0.25, 0.3) is 0 Å². The zero-order valence-electron chi connectivity index (χ0n) is 14.7. The minimum Gasteiger partial charge on any atom is -0.550 e. The maximum absolute atomic E-state index is 10.6. The average Bonchev–Trinajstić information content (AvgIpc) is 2.44. The van der Waals surface area contributed by atoms with Gasteiger partial charge in [-0.3, -0.25) is 0 Å². The maximum atomic E-state index is 10.6. The lowest BCUT2D eigenvalue weighted by Gasteiger charge is -2.39. The number of aliphatic carboxylic acids is 1. The molecule has 4 heteroatoms. The van der Waals surface area contributed by atoms with Gasteiger partial charge in [-0.2, -0.15) is 0 Å². The summed E-state index contributed by atoms with van der Waals surface area (Å²) in [4.78, 5) is 10.6. The van der Waals surface area contributed by atoms with Gasteiger partial charge in [-0.1, -0.05) is 45.8 Å². The van der Waals surface area contributed by atoms with Crippen LogP contribution in [0.5, 0.6) is 0 Å². The summed E-state index contributed by atoms with van der Waals surface area (Å²) < 4.78 is 0.805. The Morgan fingerprint density at radius 1 is 1.09 bits per heavy atom. The van der Waals surface area contributed by atoms with Crippen molar-refractivity contribution in [2.45, 2.75) is 71.8 Å². The minimum absolute atomic E-state index is 0.107. The molecule has 130 valence electrons. The van der Waals surface area contributed by atoms with Crippen LogP contribution in [-0.4, -0.2) is 47.8 Å². The number of rotatable bonds is 14. The van der Waals surface area contributed by atoms with Crippen molar-refractivity contribution >= 4 is 5.97 Å². The fraction of sp³-hybridized carbons (Fsp3) is 0.833. The molecule has 0 aromatic heterocycles. The lowest BCUT2D eigenvalue weighted by molar-refractivity contribution is -0.930. The molecule has 0 saturated heterocycles. The van der Waals surface area contributed by atoms with E-state index in [9.17, 15) is 15.0 Å². The first-order valence-electron chi connectivity index (χ1n) is 8.89. The summed E-state index contributed by atoms with van der Waals surface area (Å²) in [5, 5.41) is 21.0. The van der Waals surface area contributed by atoms with E-state index in [0.29, 0.717) is 13.0 Å². The standard InChI is InChI=1S/C18H35NO3/c1-4-7-8-9-11-17(20)16-19(13-5-2,14-6-3)15-10-12-18(21)22/h9,11,17,20H,4-8,10,12-16H2,1-3H3/b11-9+. The van der Waals surface area contributed by atoms with Crippen molar-refractivity contribution in [3.8, 4) is 0 Å². The number of hydrogen-bond acceptors (Lipinski definition) is 3. The predicted octanol–water partition coefficient (Wildman–Crippen LogP) is 2.26. The van der Waals surface area contributed by atoms with Crippen LogP contribution in [0.4, 0.5) is 0 Å². The number of carbonyl (C=O) groups is 1. The highest BCUT2D eigenvalue weighted by Crippen LogP contribution is 2.15. The van der Waals surface area contributed by atoms with Crippen LogP contribution < -0.4 is 5.11 Å². The van der Waals surface area contributed by atoms with Crippen LogP contribution in [-0.2, 0) is 4.79 Å². The lowest BCUT2D eigenvalue weighted by Crippen LogP contribution is -2.53. The Hall–Kier alpha value is -0.870. The van der Waals surface area contributed by atoms with Gasteiger partial charge in [-0.25, -0.2) is 0 Å². The molecule has 0 aromatic rings. The van der Waals surface area contributed by atoms with Crippen LogP contribution in [0.2, 0.25) is 0 Å². The molecular weight excluding hydrogens is 278 g/mol. The Kier molecular flexibility index (Phi) is 12.2. The van der Waals surface area contributed by atoms with E-state index in [2.05, 4.69) is 26.8 Å². The average molecular weight is 313 g/mol. The molecule has 0 aliphatic heterocycles. The maximum Gasteiger partial charge on any atom is 0.121 e. The molecular formula is C18H35NO3. The number of unbranched alkanes of at least 4 members (excludes halogenated alkanes) is 2. The van der Waals surface area contributed by atoms with Crippen LogP contribution in [0.25, 0.3) is 0 Å². The smallest absolute Gasteiger partial charge is 0.121 e. The number of carbonyl (C=O) groups excluding carboxylic acids is 1. The van der Waals surface area contributed by atoms with E-state index in [1.165, 1.54) is 0 Å². The molecule has 0 amide bonds. The first-order chi connectivity index (χ1) is 10.5. The van der Waals surface area contributed by atoms with Crippen LogP contribution in [0, 0.1) is 0 Å². The Labute approximate surface area is 136 Å². The summed E-state index contributed by atoms with van der Waals surface area (Å²) in [5.41, 5.74) is 0. The van der Waals surface area contributed by atoms with Crippen LogP contribution in [0.3, 0.4) is 0 Å². The SMILES string of the molecule is CCCC/C=C/C(O)C[N+](CCC)(CCC)CCCC(=O)[O-]. The number of nitrogens with zero attached hydrogens (tertiary/aromatic N) is 1. The molecule has 0 fully saturated rings. The molecule has 0 rings (SSSR count). The number of hydrogen-bond donors (Lipinski definition) is 1. The number of carboxylic acids is 1. The first kappa shape index (κ1) is 21.1. The van der Waals surface area contributed by atoms with E-state index < -0.39 is 12.1 Å². The second-order valence-corrected chi connectivity index (χ2v) is 6.31. The zero-order valence-corrected chi connectivity index (χ0v) is 14.7. The topological polar surface area (TPSA) is 60.4 Å². The van der Waals surface area contributed by atoms with E-state index in [4.69, 9.17) is 0 Å². The minimum atomic E-state index is -0.980. The van der Waals surface area contributed by atoms with E-state index in [-0.39, 0.29) is 6.42 Å². The summed E-state index contributed by atoms with van der Waals surface area (Å²) in [6.45, 7) is 9.90. The van der Waals surface area contributed by atoms with E-state index >= 15 is 0 Å².